The molecule has 0 radical (unpaired) electrons. The molecule has 0 unspecified atom stereocenters. The van der Waals surface area contributed by atoms with Crippen LogP contribution in [0.15, 0.2) is 47.4 Å². The van der Waals surface area contributed by atoms with Gasteiger partial charge in [0.15, 0.2) is 0 Å². The Labute approximate surface area is 150 Å². The number of nitrogens with one attached hydrogen (secondary N) is 1. The summed E-state index contributed by atoms with van der Waals surface area (Å²) in [5.41, 5.74) is 3.48. The van der Waals surface area contributed by atoms with Crippen LogP contribution in [0.2, 0.25) is 0 Å². The van der Waals surface area contributed by atoms with Crippen molar-refractivity contribution in [2.75, 3.05) is 0 Å². The van der Waals surface area contributed by atoms with Gasteiger partial charge < -0.3 is 0 Å². The lowest BCUT2D eigenvalue weighted by Crippen LogP contribution is -2.32. The van der Waals surface area contributed by atoms with Gasteiger partial charge >= 0.3 is 0 Å². The molecule has 0 heterocycles. The van der Waals surface area contributed by atoms with Crippen molar-refractivity contribution >= 4 is 15.9 Å². The van der Waals surface area contributed by atoms with Crippen molar-refractivity contribution < 1.29 is 13.2 Å². The number of sulfonamides is 1. The van der Waals surface area contributed by atoms with Crippen molar-refractivity contribution in [2.45, 2.75) is 51.3 Å². The molecule has 4 nitrogen and oxygen atoms in total. The number of aryl methyl sites for hydroxylation is 3. The third-order valence-electron chi connectivity index (χ3n) is 4.09. The van der Waals surface area contributed by atoms with Crippen LogP contribution in [0.5, 0.6) is 0 Å². The van der Waals surface area contributed by atoms with E-state index in [-0.39, 0.29) is 11.3 Å². The second-order valence-electron chi connectivity index (χ2n) is 6.39. The van der Waals surface area contributed by atoms with E-state index in [4.69, 9.17) is 0 Å². The fourth-order valence-corrected chi connectivity index (χ4v) is 3.94. The summed E-state index contributed by atoms with van der Waals surface area (Å²) in [6.07, 6.45) is 3.33. The molecule has 2 aromatic carbocycles. The minimum atomic E-state index is -3.85. The Morgan fingerprint density at radius 2 is 1.64 bits per heavy atom. The van der Waals surface area contributed by atoms with Crippen molar-refractivity contribution in [2.24, 2.45) is 0 Å². The molecule has 0 aliphatic heterocycles. The molecule has 0 atom stereocenters. The monoisotopic (exact) mass is 359 g/mol. The summed E-state index contributed by atoms with van der Waals surface area (Å²) in [4.78, 5) is 12.3. The van der Waals surface area contributed by atoms with Gasteiger partial charge in [-0.2, -0.15) is 0 Å². The van der Waals surface area contributed by atoms with E-state index in [1.54, 1.807) is 19.1 Å². The number of unbranched alkanes of at least 4 members (excludes halogenated alkanes) is 1. The minimum Gasteiger partial charge on any atom is -0.274 e. The van der Waals surface area contributed by atoms with Gasteiger partial charge in [0.25, 0.3) is 10.0 Å². The minimum absolute atomic E-state index is 0.0398. The molecular weight excluding hydrogens is 334 g/mol. The summed E-state index contributed by atoms with van der Waals surface area (Å²) in [5, 5.41) is 0. The second kappa shape index (κ2) is 8.30. The highest BCUT2D eigenvalue weighted by Gasteiger charge is 2.20. The maximum Gasteiger partial charge on any atom is 0.264 e. The highest BCUT2D eigenvalue weighted by molar-refractivity contribution is 7.90. The summed E-state index contributed by atoms with van der Waals surface area (Å²) < 4.78 is 27.1. The zero-order chi connectivity index (χ0) is 18.4. The first kappa shape index (κ1) is 19.2. The Bertz CT molecular complexity index is 840. The van der Waals surface area contributed by atoms with Crippen LogP contribution in [0.4, 0.5) is 0 Å². The van der Waals surface area contributed by atoms with E-state index < -0.39 is 15.9 Å². The fourth-order valence-electron chi connectivity index (χ4n) is 2.63. The molecule has 0 aliphatic rings. The first-order valence-electron chi connectivity index (χ1n) is 8.52. The summed E-state index contributed by atoms with van der Waals surface area (Å²) >= 11 is 0. The molecule has 5 heteroatoms. The van der Waals surface area contributed by atoms with Crippen LogP contribution in [0.3, 0.4) is 0 Å². The lowest BCUT2D eigenvalue weighted by Gasteiger charge is -2.10. The van der Waals surface area contributed by atoms with Crippen molar-refractivity contribution in [1.82, 2.24) is 4.72 Å². The molecule has 0 saturated carbocycles. The highest BCUT2D eigenvalue weighted by Crippen LogP contribution is 2.17. The molecule has 2 aromatic rings. The van der Waals surface area contributed by atoms with E-state index in [1.165, 1.54) is 5.56 Å². The van der Waals surface area contributed by atoms with Crippen molar-refractivity contribution in [3.8, 4) is 0 Å². The maximum absolute atomic E-state index is 12.4. The predicted molar refractivity (Wildman–Crippen MR) is 100 cm³/mol. The van der Waals surface area contributed by atoms with Gasteiger partial charge in [0.05, 0.1) is 11.3 Å². The highest BCUT2D eigenvalue weighted by atomic mass is 32.2. The van der Waals surface area contributed by atoms with Crippen LogP contribution in [-0.4, -0.2) is 14.3 Å². The molecule has 0 saturated heterocycles. The number of hydrogen-bond acceptors (Lipinski definition) is 3. The zero-order valence-corrected chi connectivity index (χ0v) is 15.8. The quantitative estimate of drug-likeness (QED) is 0.820. The second-order valence-corrected chi connectivity index (χ2v) is 8.05. The Hall–Kier alpha value is -2.14. The third-order valence-corrected chi connectivity index (χ3v) is 5.60. The van der Waals surface area contributed by atoms with E-state index >= 15 is 0 Å². The number of benzene rings is 2. The van der Waals surface area contributed by atoms with Crippen LogP contribution < -0.4 is 4.72 Å². The van der Waals surface area contributed by atoms with Crippen molar-refractivity contribution in [1.29, 1.82) is 0 Å². The molecule has 0 bridgehead atoms. The lowest BCUT2D eigenvalue weighted by atomic mass is 10.0. The summed E-state index contributed by atoms with van der Waals surface area (Å²) in [7, 11) is -3.85. The summed E-state index contributed by atoms with van der Waals surface area (Å²) in [6, 6.07) is 12.9. The van der Waals surface area contributed by atoms with Crippen LogP contribution in [0, 0.1) is 13.8 Å². The van der Waals surface area contributed by atoms with Gasteiger partial charge in [-0.1, -0.05) is 49.7 Å². The van der Waals surface area contributed by atoms with Gasteiger partial charge in [-0.3, -0.25) is 4.79 Å². The molecular formula is C20H25NO3S. The smallest absolute Gasteiger partial charge is 0.264 e. The Balaban J connectivity index is 2.05. The molecule has 0 spiro atoms. The summed E-state index contributed by atoms with van der Waals surface area (Å²) in [6.45, 7) is 5.68. The van der Waals surface area contributed by atoms with Crippen molar-refractivity contribution in [3.05, 3.63) is 64.7 Å². The van der Waals surface area contributed by atoms with E-state index in [9.17, 15) is 13.2 Å². The van der Waals surface area contributed by atoms with Gasteiger partial charge in [0.2, 0.25) is 5.91 Å². The van der Waals surface area contributed by atoms with E-state index in [2.05, 4.69) is 11.6 Å². The molecule has 1 N–H and O–H groups in total. The number of carbonyl (C=O) groups excluding carboxylic acids is 1. The molecule has 25 heavy (non-hydrogen) atoms. The van der Waals surface area contributed by atoms with Gasteiger partial charge in [-0.05, 0) is 55.0 Å². The van der Waals surface area contributed by atoms with E-state index in [1.807, 2.05) is 37.3 Å². The van der Waals surface area contributed by atoms with Gasteiger partial charge in [0, 0.05) is 0 Å². The first-order chi connectivity index (χ1) is 11.8. The van der Waals surface area contributed by atoms with E-state index in [0.29, 0.717) is 5.56 Å². The van der Waals surface area contributed by atoms with Gasteiger partial charge in [-0.25, -0.2) is 13.1 Å². The number of rotatable bonds is 7. The zero-order valence-electron chi connectivity index (χ0n) is 15.0. The molecule has 0 aromatic heterocycles. The Morgan fingerprint density at radius 3 is 2.28 bits per heavy atom. The number of amides is 1. The molecule has 0 aliphatic carbocycles. The van der Waals surface area contributed by atoms with Crippen LogP contribution in [0.1, 0.15) is 42.0 Å². The van der Waals surface area contributed by atoms with Crippen LogP contribution >= 0.6 is 0 Å². The van der Waals surface area contributed by atoms with E-state index in [0.717, 1.165) is 30.4 Å². The van der Waals surface area contributed by atoms with Crippen LogP contribution in [-0.2, 0) is 27.7 Å². The standard InChI is InChI=1S/C20H25NO3S/c1-4-5-6-17-9-11-18(12-10-17)14-20(22)21-25(23,24)19-13-15(2)7-8-16(19)3/h7-13H,4-6,14H2,1-3H3,(H,21,22). The fraction of sp³-hybridized carbons (Fsp3) is 0.350. The number of carbonyl (C=O) groups is 1. The van der Waals surface area contributed by atoms with Gasteiger partial charge in [0.1, 0.15) is 0 Å². The molecule has 1 amide bonds. The Morgan fingerprint density at radius 1 is 1.00 bits per heavy atom. The van der Waals surface area contributed by atoms with Gasteiger partial charge in [-0.15, -0.1) is 0 Å². The average Bonchev–Trinajstić information content (AvgIpc) is 2.55. The molecule has 2 rings (SSSR count). The molecule has 0 fully saturated rings. The number of hydrogen-bond donors (Lipinski definition) is 1. The first-order valence-corrected chi connectivity index (χ1v) is 10.0. The third kappa shape index (κ3) is 5.43. The van der Waals surface area contributed by atoms with Crippen molar-refractivity contribution in [3.63, 3.8) is 0 Å². The van der Waals surface area contributed by atoms with Crippen LogP contribution in [0.25, 0.3) is 0 Å². The normalized spacial score (nSPS) is 11.3. The maximum atomic E-state index is 12.4. The topological polar surface area (TPSA) is 63.2 Å². The summed E-state index contributed by atoms with van der Waals surface area (Å²) in [5.74, 6) is -0.526. The molecule has 134 valence electrons. The predicted octanol–water partition coefficient (Wildman–Crippen LogP) is 3.69. The SMILES string of the molecule is CCCCc1ccc(CC(=O)NS(=O)(=O)c2cc(C)ccc2C)cc1. The Kier molecular flexibility index (Phi) is 6.37. The average molecular weight is 359 g/mol. The lowest BCUT2D eigenvalue weighted by molar-refractivity contribution is -0.118. The largest absolute Gasteiger partial charge is 0.274 e.